The lowest BCUT2D eigenvalue weighted by atomic mass is 9.88. The van der Waals surface area contributed by atoms with Crippen LogP contribution in [0.2, 0.25) is 0 Å². The second-order valence-corrected chi connectivity index (χ2v) is 6.85. The standard InChI is InChI=1S/C23H26N2O5/c1-4-13-30-19-10-7-17(14-20(19)29-3)11-12-25-22(27)23(28,15-21(24)26)18-8-5-16(2)6-9-18/h1,5-10,14,28H,11-13,15H2,2-3H3,(H2,24,26)(H,25,27). The van der Waals surface area contributed by atoms with Crippen LogP contribution < -0.4 is 20.5 Å². The predicted molar refractivity (Wildman–Crippen MR) is 113 cm³/mol. The minimum absolute atomic E-state index is 0.128. The summed E-state index contributed by atoms with van der Waals surface area (Å²) in [5.74, 6) is 1.98. The van der Waals surface area contributed by atoms with E-state index in [0.717, 1.165) is 11.1 Å². The first-order valence-corrected chi connectivity index (χ1v) is 9.39. The van der Waals surface area contributed by atoms with Crippen molar-refractivity contribution in [2.75, 3.05) is 20.3 Å². The van der Waals surface area contributed by atoms with E-state index in [1.165, 1.54) is 7.11 Å². The molecular formula is C23H26N2O5. The maximum atomic E-state index is 12.7. The van der Waals surface area contributed by atoms with Crippen LogP contribution in [0, 0.1) is 19.3 Å². The molecule has 0 aliphatic rings. The molecule has 2 amide bonds. The molecular weight excluding hydrogens is 384 g/mol. The summed E-state index contributed by atoms with van der Waals surface area (Å²) in [5.41, 5.74) is 5.38. The highest BCUT2D eigenvalue weighted by atomic mass is 16.5. The van der Waals surface area contributed by atoms with Gasteiger partial charge in [0, 0.05) is 6.54 Å². The number of carbonyl (C=O) groups excluding carboxylic acids is 2. The monoisotopic (exact) mass is 410 g/mol. The van der Waals surface area contributed by atoms with E-state index >= 15 is 0 Å². The Labute approximate surface area is 176 Å². The van der Waals surface area contributed by atoms with Crippen LogP contribution in [0.1, 0.15) is 23.1 Å². The number of nitrogens with one attached hydrogen (secondary N) is 1. The lowest BCUT2D eigenvalue weighted by Crippen LogP contribution is -2.47. The average molecular weight is 410 g/mol. The third-order valence-corrected chi connectivity index (χ3v) is 4.57. The molecule has 2 rings (SSSR count). The number of aryl methyl sites for hydroxylation is 1. The van der Waals surface area contributed by atoms with E-state index in [4.69, 9.17) is 21.6 Å². The number of amides is 2. The van der Waals surface area contributed by atoms with E-state index in [1.807, 2.05) is 13.0 Å². The fourth-order valence-electron chi connectivity index (χ4n) is 2.97. The molecule has 0 aliphatic carbocycles. The molecule has 2 aromatic carbocycles. The molecule has 1 unspecified atom stereocenters. The first kappa shape index (κ1) is 22.8. The molecule has 0 heterocycles. The van der Waals surface area contributed by atoms with Gasteiger partial charge in [-0.2, -0.15) is 0 Å². The van der Waals surface area contributed by atoms with Gasteiger partial charge in [0.15, 0.2) is 17.1 Å². The zero-order valence-electron chi connectivity index (χ0n) is 17.1. The first-order chi connectivity index (χ1) is 14.3. The summed E-state index contributed by atoms with van der Waals surface area (Å²) >= 11 is 0. The Balaban J connectivity index is 2.08. The number of benzene rings is 2. The molecule has 0 fully saturated rings. The molecule has 0 radical (unpaired) electrons. The summed E-state index contributed by atoms with van der Waals surface area (Å²) in [6.45, 7) is 2.25. The number of ether oxygens (including phenoxy) is 2. The zero-order chi connectivity index (χ0) is 22.1. The van der Waals surface area contributed by atoms with Crippen molar-refractivity contribution in [1.82, 2.24) is 5.32 Å². The van der Waals surface area contributed by atoms with Crippen molar-refractivity contribution in [2.45, 2.75) is 25.4 Å². The Morgan fingerprint density at radius 3 is 2.50 bits per heavy atom. The Bertz CT molecular complexity index is 934. The highest BCUT2D eigenvalue weighted by molar-refractivity contribution is 5.91. The van der Waals surface area contributed by atoms with Gasteiger partial charge < -0.3 is 25.6 Å². The van der Waals surface area contributed by atoms with Crippen LogP contribution in [-0.2, 0) is 21.6 Å². The highest BCUT2D eigenvalue weighted by Crippen LogP contribution is 2.28. The number of methoxy groups -OCH3 is 1. The lowest BCUT2D eigenvalue weighted by Gasteiger charge is -2.26. The van der Waals surface area contributed by atoms with Crippen molar-refractivity contribution >= 4 is 11.8 Å². The second-order valence-electron chi connectivity index (χ2n) is 6.85. The average Bonchev–Trinajstić information content (AvgIpc) is 2.72. The van der Waals surface area contributed by atoms with Crippen LogP contribution in [0.15, 0.2) is 42.5 Å². The molecule has 0 aromatic heterocycles. The number of rotatable bonds is 10. The Kier molecular flexibility index (Phi) is 7.84. The molecule has 7 heteroatoms. The molecule has 0 bridgehead atoms. The summed E-state index contributed by atoms with van der Waals surface area (Å²) in [5, 5.41) is 13.6. The third kappa shape index (κ3) is 5.75. The summed E-state index contributed by atoms with van der Waals surface area (Å²) in [6.07, 6.45) is 5.15. The number of carbonyl (C=O) groups is 2. The van der Waals surface area contributed by atoms with Gasteiger partial charge in [-0.05, 0) is 36.6 Å². The van der Waals surface area contributed by atoms with Crippen LogP contribution >= 0.6 is 0 Å². The maximum absolute atomic E-state index is 12.7. The highest BCUT2D eigenvalue weighted by Gasteiger charge is 2.39. The van der Waals surface area contributed by atoms with Gasteiger partial charge in [-0.3, -0.25) is 9.59 Å². The van der Waals surface area contributed by atoms with Crippen molar-refractivity contribution in [2.24, 2.45) is 5.73 Å². The predicted octanol–water partition coefficient (Wildman–Crippen LogP) is 1.44. The van der Waals surface area contributed by atoms with Crippen LogP contribution in [0.25, 0.3) is 0 Å². The van der Waals surface area contributed by atoms with Crippen LogP contribution in [0.5, 0.6) is 11.5 Å². The number of nitrogens with two attached hydrogens (primary N) is 1. The minimum atomic E-state index is -2.04. The number of primary amides is 1. The summed E-state index contributed by atoms with van der Waals surface area (Å²) in [6, 6.07) is 12.1. The van der Waals surface area contributed by atoms with Gasteiger partial charge in [0.2, 0.25) is 5.91 Å². The van der Waals surface area contributed by atoms with Crippen LogP contribution in [-0.4, -0.2) is 37.2 Å². The zero-order valence-corrected chi connectivity index (χ0v) is 17.1. The third-order valence-electron chi connectivity index (χ3n) is 4.57. The summed E-state index contributed by atoms with van der Waals surface area (Å²) in [7, 11) is 1.52. The van der Waals surface area contributed by atoms with Gasteiger partial charge in [0.1, 0.15) is 6.61 Å². The molecule has 7 nitrogen and oxygen atoms in total. The number of hydrogen-bond acceptors (Lipinski definition) is 5. The van der Waals surface area contributed by atoms with Gasteiger partial charge in [-0.25, -0.2) is 0 Å². The second kappa shape index (κ2) is 10.3. The van der Waals surface area contributed by atoms with E-state index in [1.54, 1.807) is 36.4 Å². The largest absolute Gasteiger partial charge is 0.493 e. The minimum Gasteiger partial charge on any atom is -0.493 e. The van der Waals surface area contributed by atoms with Gasteiger partial charge in [0.05, 0.1) is 13.5 Å². The SMILES string of the molecule is C#CCOc1ccc(CCNC(=O)C(O)(CC(N)=O)c2ccc(C)cc2)cc1OC. The van der Waals surface area contributed by atoms with E-state index < -0.39 is 23.8 Å². The van der Waals surface area contributed by atoms with Crippen molar-refractivity contribution < 1.29 is 24.2 Å². The van der Waals surface area contributed by atoms with Crippen LogP contribution in [0.3, 0.4) is 0 Å². The number of terminal acetylenes is 1. The number of aliphatic hydroxyl groups is 1. The fourth-order valence-corrected chi connectivity index (χ4v) is 2.97. The number of hydrogen-bond donors (Lipinski definition) is 3. The van der Waals surface area contributed by atoms with Crippen molar-refractivity contribution in [1.29, 1.82) is 0 Å². The van der Waals surface area contributed by atoms with Crippen LogP contribution in [0.4, 0.5) is 0 Å². The molecule has 0 aliphatic heterocycles. The fraction of sp³-hybridized carbons (Fsp3) is 0.304. The molecule has 1 atom stereocenters. The van der Waals surface area contributed by atoms with Gasteiger partial charge in [-0.1, -0.05) is 41.8 Å². The summed E-state index contributed by atoms with van der Waals surface area (Å²) < 4.78 is 10.7. The van der Waals surface area contributed by atoms with Crippen molar-refractivity contribution in [3.63, 3.8) is 0 Å². The van der Waals surface area contributed by atoms with Gasteiger partial charge in [-0.15, -0.1) is 6.42 Å². The molecule has 0 spiro atoms. The molecule has 0 saturated heterocycles. The normalized spacial score (nSPS) is 12.3. The smallest absolute Gasteiger partial charge is 0.257 e. The van der Waals surface area contributed by atoms with E-state index in [9.17, 15) is 14.7 Å². The molecule has 158 valence electrons. The van der Waals surface area contributed by atoms with Gasteiger partial charge in [0.25, 0.3) is 5.91 Å². The molecule has 0 saturated carbocycles. The van der Waals surface area contributed by atoms with E-state index in [2.05, 4.69) is 11.2 Å². The van der Waals surface area contributed by atoms with Crippen molar-refractivity contribution in [3.05, 3.63) is 59.2 Å². The molecule has 30 heavy (non-hydrogen) atoms. The maximum Gasteiger partial charge on any atom is 0.257 e. The quantitative estimate of drug-likeness (QED) is 0.513. The van der Waals surface area contributed by atoms with Crippen molar-refractivity contribution in [3.8, 4) is 23.8 Å². The Morgan fingerprint density at radius 1 is 1.20 bits per heavy atom. The topological polar surface area (TPSA) is 111 Å². The van der Waals surface area contributed by atoms with Gasteiger partial charge >= 0.3 is 0 Å². The summed E-state index contributed by atoms with van der Waals surface area (Å²) in [4.78, 5) is 24.2. The molecule has 4 N–H and O–H groups in total. The van der Waals surface area contributed by atoms with E-state index in [0.29, 0.717) is 23.5 Å². The van der Waals surface area contributed by atoms with E-state index in [-0.39, 0.29) is 13.2 Å². The Morgan fingerprint density at radius 2 is 1.90 bits per heavy atom. The first-order valence-electron chi connectivity index (χ1n) is 9.39. The molecule has 2 aromatic rings. The Hall–Kier alpha value is -3.50. The lowest BCUT2D eigenvalue weighted by molar-refractivity contribution is -0.145.